The number of hydrogen-bond acceptors (Lipinski definition) is 2. The van der Waals surface area contributed by atoms with Crippen molar-refractivity contribution in [1.29, 1.82) is 0 Å². The molecule has 248 valence electrons. The molecule has 0 saturated heterocycles. The average Bonchev–Trinajstić information content (AvgIpc) is 3.86. The molecule has 1 spiro atoms. The Balaban J connectivity index is 1.19. The predicted molar refractivity (Wildman–Crippen MR) is 207 cm³/mol. The van der Waals surface area contributed by atoms with Crippen LogP contribution in [0, 0.1) is 13.8 Å². The van der Waals surface area contributed by atoms with Gasteiger partial charge in [0, 0.05) is 16.8 Å². The molecule has 0 N–H and O–H groups in total. The smallest absolute Gasteiger partial charge is 0.394 e. The molecule has 4 aliphatic rings. The minimum atomic E-state index is -0.743. The maximum atomic E-state index is 6.77. The molecule has 4 aliphatic heterocycles. The van der Waals surface area contributed by atoms with Gasteiger partial charge in [-0.15, -0.1) is 4.68 Å². The molecule has 0 radical (unpaired) electrons. The van der Waals surface area contributed by atoms with E-state index in [-0.39, 0.29) is 0 Å². The summed E-state index contributed by atoms with van der Waals surface area (Å²) in [6.07, 6.45) is 7.01. The minimum Gasteiger partial charge on any atom is -0.453 e. The molecule has 7 heterocycles. The van der Waals surface area contributed by atoms with Gasteiger partial charge in [0.2, 0.25) is 6.20 Å². The number of fused-ring (bicyclic) bond motifs is 10. The number of benzene rings is 6. The molecule has 13 rings (SSSR count). The standard InChI is InChI=1S/C47H31N5O/c1-28-24-31(30-12-4-3-5-13-30)25-29(2)42(28)32-26-49-37-21-22-40-46-43(37)47(50(49)27-32)44-38(51(46)36-16-8-9-17-39(36)53-40)20-19-34-33-14-6-7-15-35(33)52(45(34)44)41-18-10-11-23-48(41)47/h3-27H,1-2H3/q+2. The highest BCUT2D eigenvalue weighted by molar-refractivity contribution is 6.13. The van der Waals surface area contributed by atoms with Crippen molar-refractivity contribution in [2.75, 3.05) is 4.90 Å². The third-order valence-electron chi connectivity index (χ3n) is 12.1. The predicted octanol–water partition coefficient (Wildman–Crippen LogP) is 9.91. The summed E-state index contributed by atoms with van der Waals surface area (Å²) < 4.78 is 16.7. The average molecular weight is 682 g/mol. The van der Waals surface area contributed by atoms with Crippen LogP contribution >= 0.6 is 0 Å². The van der Waals surface area contributed by atoms with Crippen LogP contribution in [0.2, 0.25) is 0 Å². The first-order valence-corrected chi connectivity index (χ1v) is 18.3. The van der Waals surface area contributed by atoms with Crippen LogP contribution in [0.25, 0.3) is 55.6 Å². The van der Waals surface area contributed by atoms with Crippen molar-refractivity contribution in [2.45, 2.75) is 19.5 Å². The quantitative estimate of drug-likeness (QED) is 0.170. The van der Waals surface area contributed by atoms with Gasteiger partial charge in [-0.05, 0) is 96.3 Å². The highest BCUT2D eigenvalue weighted by Gasteiger charge is 2.69. The van der Waals surface area contributed by atoms with Crippen molar-refractivity contribution < 1.29 is 14.0 Å². The first-order valence-electron chi connectivity index (χ1n) is 18.3. The second kappa shape index (κ2) is 9.29. The Morgan fingerprint density at radius 3 is 2.26 bits per heavy atom. The van der Waals surface area contributed by atoms with Crippen LogP contribution in [0.4, 0.5) is 17.1 Å². The number of para-hydroxylation sites is 3. The molecule has 6 heteroatoms. The Kier molecular flexibility index (Phi) is 4.87. The summed E-state index contributed by atoms with van der Waals surface area (Å²) >= 11 is 0. The zero-order valence-electron chi connectivity index (χ0n) is 29.1. The Morgan fingerprint density at radius 1 is 0.604 bits per heavy atom. The van der Waals surface area contributed by atoms with E-state index in [9.17, 15) is 0 Å². The minimum absolute atomic E-state index is 0.743. The van der Waals surface area contributed by atoms with Gasteiger partial charge in [0.1, 0.15) is 28.0 Å². The maximum Gasteiger partial charge on any atom is 0.394 e. The fourth-order valence-electron chi connectivity index (χ4n) is 10.2. The summed E-state index contributed by atoms with van der Waals surface area (Å²) in [6, 6.07) is 48.3. The normalized spacial score (nSPS) is 16.3. The van der Waals surface area contributed by atoms with Crippen molar-refractivity contribution in [3.05, 3.63) is 174 Å². The zero-order valence-corrected chi connectivity index (χ0v) is 29.1. The molecular weight excluding hydrogens is 651 g/mol. The van der Waals surface area contributed by atoms with E-state index in [1.165, 1.54) is 66.3 Å². The number of aromatic nitrogens is 4. The highest BCUT2D eigenvalue weighted by atomic mass is 16.5. The topological polar surface area (TPSA) is 30.1 Å². The number of aryl methyl sites for hydroxylation is 2. The van der Waals surface area contributed by atoms with Gasteiger partial charge in [-0.1, -0.05) is 77.5 Å². The van der Waals surface area contributed by atoms with E-state index in [4.69, 9.17) is 4.74 Å². The van der Waals surface area contributed by atoms with E-state index in [1.807, 2.05) is 0 Å². The summed E-state index contributed by atoms with van der Waals surface area (Å²) in [5, 5.41) is 2.51. The lowest BCUT2D eigenvalue weighted by Gasteiger charge is -2.41. The Hall–Kier alpha value is -6.92. The number of ether oxygens (including phenoxy) is 1. The van der Waals surface area contributed by atoms with Crippen molar-refractivity contribution in [3.63, 3.8) is 0 Å². The molecule has 0 aliphatic carbocycles. The van der Waals surface area contributed by atoms with Crippen molar-refractivity contribution in [3.8, 4) is 45.3 Å². The Morgan fingerprint density at radius 2 is 1.38 bits per heavy atom. The first kappa shape index (κ1) is 27.8. The Bertz CT molecular complexity index is 3110. The molecule has 53 heavy (non-hydrogen) atoms. The molecule has 0 saturated carbocycles. The molecule has 6 nitrogen and oxygen atoms in total. The summed E-state index contributed by atoms with van der Waals surface area (Å²) in [5.41, 5.74) is 16.1. The van der Waals surface area contributed by atoms with Crippen molar-refractivity contribution >= 4 is 38.9 Å². The fourth-order valence-corrected chi connectivity index (χ4v) is 10.2. The lowest BCUT2D eigenvalue weighted by molar-refractivity contribution is -0.993. The van der Waals surface area contributed by atoms with E-state index >= 15 is 0 Å². The number of anilines is 3. The molecule has 9 aromatic rings. The van der Waals surface area contributed by atoms with Crippen LogP contribution < -0.4 is 18.9 Å². The highest BCUT2D eigenvalue weighted by Crippen LogP contribution is 2.63. The van der Waals surface area contributed by atoms with Gasteiger partial charge in [0.15, 0.2) is 17.0 Å². The van der Waals surface area contributed by atoms with Crippen LogP contribution in [0.3, 0.4) is 0 Å². The van der Waals surface area contributed by atoms with Crippen molar-refractivity contribution in [2.24, 2.45) is 0 Å². The van der Waals surface area contributed by atoms with Crippen LogP contribution in [-0.2, 0) is 5.66 Å². The number of hydrogen-bond donors (Lipinski definition) is 0. The van der Waals surface area contributed by atoms with E-state index < -0.39 is 5.66 Å². The molecule has 1 atom stereocenters. The lowest BCUT2D eigenvalue weighted by Crippen LogP contribution is -2.77. The van der Waals surface area contributed by atoms with Crippen LogP contribution in [-0.4, -0.2) is 9.25 Å². The second-order valence-corrected chi connectivity index (χ2v) is 14.8. The summed E-state index contributed by atoms with van der Waals surface area (Å²) in [5.74, 6) is 2.86. The largest absolute Gasteiger partial charge is 0.453 e. The molecule has 1 unspecified atom stereocenters. The van der Waals surface area contributed by atoms with E-state index in [0.717, 1.165) is 40.1 Å². The van der Waals surface area contributed by atoms with Crippen LogP contribution in [0.15, 0.2) is 152 Å². The lowest BCUT2D eigenvalue weighted by atomic mass is 9.80. The summed E-state index contributed by atoms with van der Waals surface area (Å²) in [4.78, 5) is 2.46. The van der Waals surface area contributed by atoms with Crippen molar-refractivity contribution in [1.82, 2.24) is 9.25 Å². The molecule has 0 fully saturated rings. The molecule has 3 aromatic heterocycles. The molecule has 0 amide bonds. The van der Waals surface area contributed by atoms with Gasteiger partial charge in [-0.3, -0.25) is 0 Å². The third kappa shape index (κ3) is 3.11. The van der Waals surface area contributed by atoms with E-state index in [2.05, 4.69) is 189 Å². The monoisotopic (exact) mass is 681 g/mol. The van der Waals surface area contributed by atoms with Gasteiger partial charge in [-0.2, -0.15) is 9.13 Å². The number of rotatable bonds is 2. The van der Waals surface area contributed by atoms with Crippen LogP contribution in [0.1, 0.15) is 22.3 Å². The van der Waals surface area contributed by atoms with E-state index in [1.54, 1.807) is 0 Å². The maximum absolute atomic E-state index is 6.77. The van der Waals surface area contributed by atoms with E-state index in [0.29, 0.717) is 0 Å². The third-order valence-corrected chi connectivity index (χ3v) is 12.1. The number of nitrogens with zero attached hydrogens (tertiary/aromatic N) is 5. The fraction of sp³-hybridized carbons (Fsp3) is 0.0638. The van der Waals surface area contributed by atoms with Gasteiger partial charge in [-0.25, -0.2) is 0 Å². The Labute approximate surface area is 305 Å². The molecular formula is C47H31N5O+2. The molecule has 0 bridgehead atoms. The zero-order chi connectivity index (χ0) is 34.7. The van der Waals surface area contributed by atoms with Crippen LogP contribution in [0.5, 0.6) is 11.5 Å². The van der Waals surface area contributed by atoms with Gasteiger partial charge >= 0.3 is 5.66 Å². The summed E-state index contributed by atoms with van der Waals surface area (Å²) in [6.45, 7) is 4.50. The SMILES string of the molecule is Cc1cc(-c2ccccc2)cc(C)c1-c1cn2[n+](c1)C13c4c-2ccc2c4N(c4ccccc4O2)c2ccc4c5ccccc5n(c4c21)-c1cccc[n+]13. The molecule has 6 aromatic carbocycles. The second-order valence-electron chi connectivity index (χ2n) is 14.8. The van der Waals surface area contributed by atoms with Gasteiger partial charge < -0.3 is 9.64 Å². The number of pyridine rings is 1. The first-order chi connectivity index (χ1) is 26.1. The van der Waals surface area contributed by atoms with Gasteiger partial charge in [0.05, 0.1) is 29.3 Å². The summed E-state index contributed by atoms with van der Waals surface area (Å²) in [7, 11) is 0. The van der Waals surface area contributed by atoms with Gasteiger partial charge in [0.25, 0.3) is 5.82 Å².